The molecule has 1 aliphatic rings. The first-order chi connectivity index (χ1) is 9.65. The Morgan fingerprint density at radius 1 is 1.05 bits per heavy atom. The summed E-state index contributed by atoms with van der Waals surface area (Å²) in [6.07, 6.45) is 0.982. The molecular weight excluding hydrogens is 248 g/mol. The maximum absolute atomic E-state index is 6.38. The first-order valence-corrected chi connectivity index (χ1v) is 6.93. The van der Waals surface area contributed by atoms with E-state index < -0.39 is 0 Å². The van der Waals surface area contributed by atoms with Crippen molar-refractivity contribution in [3.8, 4) is 5.75 Å². The van der Waals surface area contributed by atoms with Crippen LogP contribution < -0.4 is 15.4 Å². The first kappa shape index (κ1) is 13.0. The van der Waals surface area contributed by atoms with Gasteiger partial charge in [0.2, 0.25) is 0 Å². The Labute approximate surface area is 120 Å². The van der Waals surface area contributed by atoms with E-state index in [0.29, 0.717) is 0 Å². The van der Waals surface area contributed by atoms with Crippen molar-refractivity contribution in [2.75, 3.05) is 25.6 Å². The van der Waals surface area contributed by atoms with E-state index in [0.717, 1.165) is 29.9 Å². The van der Waals surface area contributed by atoms with Gasteiger partial charge in [0.05, 0.1) is 12.6 Å². The molecule has 0 spiro atoms. The van der Waals surface area contributed by atoms with Crippen molar-refractivity contribution in [3.05, 3.63) is 59.2 Å². The molecule has 1 unspecified atom stereocenters. The highest BCUT2D eigenvalue weighted by molar-refractivity contribution is 5.48. The van der Waals surface area contributed by atoms with Gasteiger partial charge in [-0.15, -0.1) is 0 Å². The lowest BCUT2D eigenvalue weighted by molar-refractivity contribution is 0.357. The fourth-order valence-corrected chi connectivity index (χ4v) is 2.57. The number of nitrogens with zero attached hydrogens (tertiary/aromatic N) is 1. The number of hydrogen-bond donors (Lipinski definition) is 1. The highest BCUT2D eigenvalue weighted by atomic mass is 16.5. The molecule has 2 aromatic rings. The van der Waals surface area contributed by atoms with Gasteiger partial charge in [0.15, 0.2) is 0 Å². The normalized spacial score (nSPS) is 14.6. The molecular formula is C17H20N2O. The second-order valence-electron chi connectivity index (χ2n) is 5.43. The molecule has 3 nitrogen and oxygen atoms in total. The molecule has 0 saturated heterocycles. The molecule has 3 heteroatoms. The standard InChI is InChI=1S/C17H20N2O/c1-19(2)15-6-3-12(4-7-15)17(18)14-5-8-16-13(11-14)9-10-20-16/h3-8,11,17H,9-10,18H2,1-2H3. The molecule has 104 valence electrons. The number of rotatable bonds is 3. The third-order valence-electron chi connectivity index (χ3n) is 3.84. The minimum atomic E-state index is -0.0860. The zero-order valence-corrected chi connectivity index (χ0v) is 12.0. The van der Waals surface area contributed by atoms with E-state index in [9.17, 15) is 0 Å². The fourth-order valence-electron chi connectivity index (χ4n) is 2.57. The lowest BCUT2D eigenvalue weighted by Gasteiger charge is -2.16. The summed E-state index contributed by atoms with van der Waals surface area (Å²) in [6, 6.07) is 14.6. The maximum Gasteiger partial charge on any atom is 0.122 e. The van der Waals surface area contributed by atoms with Gasteiger partial charge in [-0.3, -0.25) is 0 Å². The molecule has 1 atom stereocenters. The largest absolute Gasteiger partial charge is 0.493 e. The van der Waals surface area contributed by atoms with E-state index in [4.69, 9.17) is 10.5 Å². The quantitative estimate of drug-likeness (QED) is 0.930. The van der Waals surface area contributed by atoms with Crippen molar-refractivity contribution in [2.45, 2.75) is 12.5 Å². The predicted molar refractivity (Wildman–Crippen MR) is 82.4 cm³/mol. The molecule has 1 heterocycles. The molecule has 0 saturated carbocycles. The summed E-state index contributed by atoms with van der Waals surface area (Å²) < 4.78 is 5.53. The molecule has 20 heavy (non-hydrogen) atoms. The topological polar surface area (TPSA) is 38.5 Å². The second-order valence-corrected chi connectivity index (χ2v) is 5.43. The minimum absolute atomic E-state index is 0.0860. The van der Waals surface area contributed by atoms with Crippen molar-refractivity contribution in [2.24, 2.45) is 5.73 Å². The van der Waals surface area contributed by atoms with Gasteiger partial charge < -0.3 is 15.4 Å². The fraction of sp³-hybridized carbons (Fsp3) is 0.294. The Bertz CT molecular complexity index is 605. The van der Waals surface area contributed by atoms with Gasteiger partial charge in [-0.2, -0.15) is 0 Å². The second kappa shape index (κ2) is 5.17. The van der Waals surface area contributed by atoms with Crippen molar-refractivity contribution in [1.29, 1.82) is 0 Å². The van der Waals surface area contributed by atoms with Crippen molar-refractivity contribution in [3.63, 3.8) is 0 Å². The average Bonchev–Trinajstić information content (AvgIpc) is 2.94. The summed E-state index contributed by atoms with van der Waals surface area (Å²) in [5.74, 6) is 1.00. The van der Waals surface area contributed by atoms with E-state index in [1.54, 1.807) is 0 Å². The summed E-state index contributed by atoms with van der Waals surface area (Å²) in [4.78, 5) is 2.09. The maximum atomic E-state index is 6.38. The van der Waals surface area contributed by atoms with Gasteiger partial charge in [-0.1, -0.05) is 24.3 Å². The summed E-state index contributed by atoms with van der Waals surface area (Å²) in [5.41, 5.74) is 11.1. The average molecular weight is 268 g/mol. The molecule has 0 amide bonds. The highest BCUT2D eigenvalue weighted by Gasteiger charge is 2.15. The Morgan fingerprint density at radius 3 is 2.45 bits per heavy atom. The van der Waals surface area contributed by atoms with E-state index in [-0.39, 0.29) is 6.04 Å². The van der Waals surface area contributed by atoms with Crippen LogP contribution in [0.2, 0.25) is 0 Å². The van der Waals surface area contributed by atoms with Crippen LogP contribution in [0.15, 0.2) is 42.5 Å². The summed E-state index contributed by atoms with van der Waals surface area (Å²) >= 11 is 0. The van der Waals surface area contributed by atoms with Crippen LogP contribution in [0.1, 0.15) is 22.7 Å². The molecule has 0 radical (unpaired) electrons. The monoisotopic (exact) mass is 268 g/mol. The summed E-state index contributed by atoms with van der Waals surface area (Å²) in [5, 5.41) is 0. The van der Waals surface area contributed by atoms with Gasteiger partial charge in [0.25, 0.3) is 0 Å². The SMILES string of the molecule is CN(C)c1ccc(C(N)c2ccc3c(c2)CCO3)cc1. The van der Waals surface area contributed by atoms with E-state index in [1.807, 2.05) is 20.2 Å². The number of fused-ring (bicyclic) bond motifs is 1. The van der Waals surface area contributed by atoms with Gasteiger partial charge in [0.1, 0.15) is 5.75 Å². The van der Waals surface area contributed by atoms with E-state index >= 15 is 0 Å². The molecule has 0 fully saturated rings. The Balaban J connectivity index is 1.86. The zero-order valence-electron chi connectivity index (χ0n) is 12.0. The third-order valence-corrected chi connectivity index (χ3v) is 3.84. The van der Waals surface area contributed by atoms with E-state index in [2.05, 4.69) is 41.3 Å². The molecule has 1 aliphatic heterocycles. The summed E-state index contributed by atoms with van der Waals surface area (Å²) in [6.45, 7) is 0.783. The Kier molecular flexibility index (Phi) is 3.36. The van der Waals surface area contributed by atoms with Crippen molar-refractivity contribution < 1.29 is 4.74 Å². The number of benzene rings is 2. The van der Waals surface area contributed by atoms with Crippen LogP contribution in [-0.2, 0) is 6.42 Å². The molecule has 0 bridgehead atoms. The molecule has 0 aromatic heterocycles. The molecule has 3 rings (SSSR count). The van der Waals surface area contributed by atoms with Crippen LogP contribution in [0.4, 0.5) is 5.69 Å². The first-order valence-electron chi connectivity index (χ1n) is 6.93. The van der Waals surface area contributed by atoms with Crippen molar-refractivity contribution in [1.82, 2.24) is 0 Å². The van der Waals surface area contributed by atoms with Crippen LogP contribution >= 0.6 is 0 Å². The Hall–Kier alpha value is -2.00. The smallest absolute Gasteiger partial charge is 0.122 e. The molecule has 2 aromatic carbocycles. The van der Waals surface area contributed by atoms with Crippen LogP contribution in [0.3, 0.4) is 0 Å². The Morgan fingerprint density at radius 2 is 1.75 bits per heavy atom. The zero-order chi connectivity index (χ0) is 14.1. The lowest BCUT2D eigenvalue weighted by atomic mass is 9.97. The van der Waals surface area contributed by atoms with Crippen LogP contribution in [-0.4, -0.2) is 20.7 Å². The van der Waals surface area contributed by atoms with Crippen LogP contribution in [0, 0.1) is 0 Å². The molecule has 2 N–H and O–H groups in total. The minimum Gasteiger partial charge on any atom is -0.493 e. The molecule has 0 aliphatic carbocycles. The van der Waals surface area contributed by atoms with Gasteiger partial charge in [0, 0.05) is 26.2 Å². The third kappa shape index (κ3) is 2.37. The van der Waals surface area contributed by atoms with Gasteiger partial charge in [-0.25, -0.2) is 0 Å². The lowest BCUT2D eigenvalue weighted by Crippen LogP contribution is -2.13. The van der Waals surface area contributed by atoms with Crippen molar-refractivity contribution >= 4 is 5.69 Å². The number of hydrogen-bond acceptors (Lipinski definition) is 3. The highest BCUT2D eigenvalue weighted by Crippen LogP contribution is 2.30. The number of anilines is 1. The van der Waals surface area contributed by atoms with E-state index in [1.165, 1.54) is 11.3 Å². The summed E-state index contributed by atoms with van der Waals surface area (Å²) in [7, 11) is 4.07. The number of nitrogens with two attached hydrogens (primary N) is 1. The van der Waals surface area contributed by atoms with Gasteiger partial charge in [-0.05, 0) is 34.9 Å². The predicted octanol–water partition coefficient (Wildman–Crippen LogP) is 2.74. The van der Waals surface area contributed by atoms with Crippen LogP contribution in [0.5, 0.6) is 5.75 Å². The number of ether oxygens (including phenoxy) is 1. The van der Waals surface area contributed by atoms with Crippen LogP contribution in [0.25, 0.3) is 0 Å². The van der Waals surface area contributed by atoms with Gasteiger partial charge >= 0.3 is 0 Å².